The maximum absolute atomic E-state index is 4.27. The maximum atomic E-state index is 4.27. The smallest absolute Gasteiger partial charge is 0.0221 e. The highest BCUT2D eigenvalue weighted by Gasteiger charge is 2.22. The molecule has 1 nitrogen and oxygen atoms in total. The molecule has 0 bridgehead atoms. The molecule has 0 saturated heterocycles. The average Bonchev–Trinajstić information content (AvgIpc) is 2.16. The zero-order valence-corrected chi connectivity index (χ0v) is 12.0. The minimum absolute atomic E-state index is 0.427. The molecule has 0 radical (unpaired) electrons. The molecule has 0 aromatic carbocycles. The third-order valence-electron chi connectivity index (χ3n) is 3.05. The summed E-state index contributed by atoms with van der Waals surface area (Å²) in [6.07, 6.45) is 9.71. The van der Waals surface area contributed by atoms with Crippen LogP contribution in [0.25, 0.3) is 0 Å². The lowest BCUT2D eigenvalue weighted by Crippen LogP contribution is -2.19. The second kappa shape index (κ2) is 7.65. The Morgan fingerprint density at radius 3 is 2.31 bits per heavy atom. The Labute approximate surface area is 102 Å². The van der Waals surface area contributed by atoms with E-state index in [9.17, 15) is 0 Å². The van der Waals surface area contributed by atoms with Crippen molar-refractivity contribution in [3.63, 3.8) is 0 Å². The van der Waals surface area contributed by atoms with Crippen LogP contribution in [0.15, 0.2) is 17.3 Å². The highest BCUT2D eigenvalue weighted by atomic mass is 14.7. The lowest BCUT2D eigenvalue weighted by molar-refractivity contribution is 0.238. The first-order valence-corrected chi connectivity index (χ1v) is 6.55. The quantitative estimate of drug-likeness (QED) is 0.534. The fraction of sp³-hybridized carbons (Fsp3) is 0.800. The van der Waals surface area contributed by atoms with Gasteiger partial charge in [-0.2, -0.15) is 0 Å². The van der Waals surface area contributed by atoms with Gasteiger partial charge in [-0.1, -0.05) is 47.1 Å². The van der Waals surface area contributed by atoms with Crippen LogP contribution in [0.1, 0.15) is 60.8 Å². The first-order valence-electron chi connectivity index (χ1n) is 6.55. The Morgan fingerprint density at radius 1 is 1.19 bits per heavy atom. The topological polar surface area (TPSA) is 12.4 Å². The molecule has 0 aliphatic carbocycles. The van der Waals surface area contributed by atoms with Crippen LogP contribution in [0, 0.1) is 17.3 Å². The van der Waals surface area contributed by atoms with Crippen molar-refractivity contribution in [3.8, 4) is 0 Å². The molecule has 0 aliphatic rings. The summed E-state index contributed by atoms with van der Waals surface area (Å²) < 4.78 is 0. The second-order valence-corrected chi connectivity index (χ2v) is 5.84. The van der Waals surface area contributed by atoms with Crippen LogP contribution >= 0.6 is 0 Å². The van der Waals surface area contributed by atoms with E-state index in [1.807, 2.05) is 19.2 Å². The number of aliphatic imine (C=N–C) groups is 1. The van der Waals surface area contributed by atoms with E-state index in [4.69, 9.17) is 0 Å². The van der Waals surface area contributed by atoms with Gasteiger partial charge in [0.25, 0.3) is 0 Å². The molecule has 0 aliphatic heterocycles. The standard InChI is InChI=1S/C15H29N/c1-7-9-16-12-14(4)11-15(5,6)10-13(3)8-2/h7,9,12-14H,8,10-11H2,1-6H3/b9-7-,16-12-. The van der Waals surface area contributed by atoms with E-state index in [-0.39, 0.29) is 0 Å². The van der Waals surface area contributed by atoms with Crippen LogP contribution in [-0.4, -0.2) is 6.21 Å². The Kier molecular flexibility index (Phi) is 7.36. The Hall–Kier alpha value is -0.590. The van der Waals surface area contributed by atoms with Crippen LogP contribution in [0.5, 0.6) is 0 Å². The summed E-state index contributed by atoms with van der Waals surface area (Å²) in [5.74, 6) is 1.39. The van der Waals surface area contributed by atoms with E-state index in [1.165, 1.54) is 19.3 Å². The zero-order chi connectivity index (χ0) is 12.6. The molecular weight excluding hydrogens is 194 g/mol. The van der Waals surface area contributed by atoms with Gasteiger partial charge in [-0.05, 0) is 37.0 Å². The Balaban J connectivity index is 4.13. The lowest BCUT2D eigenvalue weighted by atomic mass is 9.76. The van der Waals surface area contributed by atoms with Crippen LogP contribution in [0.4, 0.5) is 0 Å². The minimum Gasteiger partial charge on any atom is -0.269 e. The van der Waals surface area contributed by atoms with E-state index in [0.717, 1.165) is 5.92 Å². The van der Waals surface area contributed by atoms with E-state index >= 15 is 0 Å². The molecule has 0 spiro atoms. The van der Waals surface area contributed by atoms with Crippen molar-refractivity contribution in [1.29, 1.82) is 0 Å². The van der Waals surface area contributed by atoms with Gasteiger partial charge in [0.2, 0.25) is 0 Å². The van der Waals surface area contributed by atoms with E-state index in [2.05, 4.69) is 45.8 Å². The molecule has 0 amide bonds. The minimum atomic E-state index is 0.427. The van der Waals surface area contributed by atoms with Gasteiger partial charge in [0.1, 0.15) is 0 Å². The summed E-state index contributed by atoms with van der Waals surface area (Å²) >= 11 is 0. The molecule has 2 unspecified atom stereocenters. The molecule has 0 heterocycles. The van der Waals surface area contributed by atoms with E-state index in [1.54, 1.807) is 0 Å². The molecule has 16 heavy (non-hydrogen) atoms. The third-order valence-corrected chi connectivity index (χ3v) is 3.05. The fourth-order valence-electron chi connectivity index (χ4n) is 2.38. The van der Waals surface area contributed by atoms with Gasteiger partial charge in [-0.15, -0.1) is 0 Å². The number of rotatable bonds is 7. The van der Waals surface area contributed by atoms with Crippen molar-refractivity contribution in [1.82, 2.24) is 0 Å². The number of hydrogen-bond donors (Lipinski definition) is 0. The molecular formula is C15H29N. The normalized spacial score (nSPS) is 17.1. The second-order valence-electron chi connectivity index (χ2n) is 5.84. The molecule has 1 heteroatoms. The van der Waals surface area contributed by atoms with Crippen molar-refractivity contribution in [2.75, 3.05) is 0 Å². The first-order chi connectivity index (χ1) is 7.41. The third kappa shape index (κ3) is 7.67. The van der Waals surface area contributed by atoms with Gasteiger partial charge < -0.3 is 0 Å². The highest BCUT2D eigenvalue weighted by molar-refractivity contribution is 5.60. The summed E-state index contributed by atoms with van der Waals surface area (Å²) in [5.41, 5.74) is 0.427. The Bertz CT molecular complexity index is 226. The molecule has 0 N–H and O–H groups in total. The summed E-state index contributed by atoms with van der Waals surface area (Å²) in [6.45, 7) is 13.6. The number of nitrogens with zero attached hydrogens (tertiary/aromatic N) is 1. The van der Waals surface area contributed by atoms with E-state index in [0.29, 0.717) is 11.3 Å². The summed E-state index contributed by atoms with van der Waals surface area (Å²) in [5, 5.41) is 0. The Morgan fingerprint density at radius 2 is 1.81 bits per heavy atom. The van der Waals surface area contributed by atoms with Crippen LogP contribution in [0.3, 0.4) is 0 Å². The van der Waals surface area contributed by atoms with Crippen LogP contribution in [-0.2, 0) is 0 Å². The summed E-state index contributed by atoms with van der Waals surface area (Å²) in [4.78, 5) is 4.27. The monoisotopic (exact) mass is 223 g/mol. The molecule has 0 aromatic heterocycles. The van der Waals surface area contributed by atoms with Gasteiger partial charge in [-0.25, -0.2) is 0 Å². The van der Waals surface area contributed by atoms with E-state index < -0.39 is 0 Å². The van der Waals surface area contributed by atoms with Crippen LogP contribution < -0.4 is 0 Å². The first kappa shape index (κ1) is 15.4. The fourth-order valence-corrected chi connectivity index (χ4v) is 2.38. The largest absolute Gasteiger partial charge is 0.269 e. The van der Waals surface area contributed by atoms with Crippen molar-refractivity contribution in [3.05, 3.63) is 12.3 Å². The maximum Gasteiger partial charge on any atom is 0.0221 e. The van der Waals surface area contributed by atoms with Crippen molar-refractivity contribution in [2.45, 2.75) is 60.8 Å². The molecule has 0 fully saturated rings. The molecule has 0 saturated carbocycles. The summed E-state index contributed by atoms with van der Waals surface area (Å²) in [6, 6.07) is 0. The van der Waals surface area contributed by atoms with Gasteiger partial charge in [-0.3, -0.25) is 4.99 Å². The van der Waals surface area contributed by atoms with Crippen molar-refractivity contribution < 1.29 is 0 Å². The SMILES string of the molecule is C/C=C\N=C/C(C)CC(C)(C)CC(C)CC. The predicted molar refractivity (Wildman–Crippen MR) is 74.9 cm³/mol. The molecule has 94 valence electrons. The van der Waals surface area contributed by atoms with Gasteiger partial charge in [0, 0.05) is 12.4 Å². The van der Waals surface area contributed by atoms with Crippen molar-refractivity contribution in [2.24, 2.45) is 22.2 Å². The van der Waals surface area contributed by atoms with Crippen LogP contribution in [0.2, 0.25) is 0 Å². The lowest BCUT2D eigenvalue weighted by Gasteiger charge is -2.29. The predicted octanol–water partition coefficient (Wildman–Crippen LogP) is 5.08. The molecule has 2 atom stereocenters. The molecule has 0 rings (SSSR count). The highest BCUT2D eigenvalue weighted by Crippen LogP contribution is 2.33. The van der Waals surface area contributed by atoms with Gasteiger partial charge in [0.15, 0.2) is 0 Å². The number of hydrogen-bond acceptors (Lipinski definition) is 1. The van der Waals surface area contributed by atoms with Gasteiger partial charge >= 0.3 is 0 Å². The molecule has 0 aromatic rings. The van der Waals surface area contributed by atoms with Crippen molar-refractivity contribution >= 4 is 6.21 Å². The zero-order valence-electron chi connectivity index (χ0n) is 12.0. The number of allylic oxidation sites excluding steroid dienone is 1. The van der Waals surface area contributed by atoms with Gasteiger partial charge in [0.05, 0.1) is 0 Å². The summed E-state index contributed by atoms with van der Waals surface area (Å²) in [7, 11) is 0. The average molecular weight is 223 g/mol.